The van der Waals surface area contributed by atoms with Crippen LogP contribution in [0.25, 0.3) is 0 Å². The van der Waals surface area contributed by atoms with Crippen LogP contribution in [0.5, 0.6) is 0 Å². The van der Waals surface area contributed by atoms with Gasteiger partial charge in [-0.3, -0.25) is 14.2 Å². The van der Waals surface area contributed by atoms with Gasteiger partial charge in [-0.25, -0.2) is 4.98 Å². The molecule has 1 fully saturated rings. The van der Waals surface area contributed by atoms with Gasteiger partial charge in [-0.1, -0.05) is 5.21 Å². The van der Waals surface area contributed by atoms with Crippen molar-refractivity contribution in [3.8, 4) is 0 Å². The van der Waals surface area contributed by atoms with Crippen molar-refractivity contribution in [2.75, 3.05) is 39.4 Å². The van der Waals surface area contributed by atoms with Crippen molar-refractivity contribution in [1.82, 2.24) is 39.6 Å². The van der Waals surface area contributed by atoms with Crippen LogP contribution in [-0.2, 0) is 25.4 Å². The second kappa shape index (κ2) is 7.73. The van der Waals surface area contributed by atoms with Gasteiger partial charge in [0, 0.05) is 33.1 Å². The maximum Gasteiger partial charge on any atom is 0.293 e. The molecule has 1 unspecified atom stereocenters. The molecule has 0 N–H and O–H groups in total. The monoisotopic (exact) mass is 374 g/mol. The minimum Gasteiger partial charge on any atom is -0.379 e. The van der Waals surface area contributed by atoms with Gasteiger partial charge >= 0.3 is 0 Å². The van der Waals surface area contributed by atoms with Gasteiger partial charge in [0.1, 0.15) is 12.0 Å². The molecule has 0 spiro atoms. The number of aryl methyl sites for hydroxylation is 2. The van der Waals surface area contributed by atoms with Crippen LogP contribution in [0.15, 0.2) is 6.33 Å². The third-order valence-corrected chi connectivity index (χ3v) is 5.26. The highest BCUT2D eigenvalue weighted by Gasteiger charge is 2.34. The predicted octanol–water partition coefficient (Wildman–Crippen LogP) is -0.204. The fraction of sp³-hybridized carbons (Fsp3) is 0.706. The van der Waals surface area contributed by atoms with E-state index in [1.54, 1.807) is 16.6 Å². The first-order chi connectivity index (χ1) is 13.1. The van der Waals surface area contributed by atoms with Crippen molar-refractivity contribution in [3.05, 3.63) is 23.5 Å². The van der Waals surface area contributed by atoms with E-state index in [1.165, 1.54) is 36.9 Å². The molecule has 0 bridgehead atoms. The van der Waals surface area contributed by atoms with Crippen molar-refractivity contribution in [2.24, 2.45) is 14.1 Å². The summed E-state index contributed by atoms with van der Waals surface area (Å²) in [5.74, 6) is 0.0625. The molecule has 0 radical (unpaired) electrons. The largest absolute Gasteiger partial charge is 0.379 e. The number of hydrogen-bond donors (Lipinski definition) is 0. The number of rotatable bonds is 6. The zero-order valence-corrected chi connectivity index (χ0v) is 15.9. The van der Waals surface area contributed by atoms with E-state index in [4.69, 9.17) is 4.74 Å². The summed E-state index contributed by atoms with van der Waals surface area (Å²) in [5, 5.41) is 12.5. The van der Waals surface area contributed by atoms with Crippen molar-refractivity contribution >= 4 is 5.91 Å². The van der Waals surface area contributed by atoms with Crippen LogP contribution in [0.2, 0.25) is 0 Å². The Hall–Kier alpha value is -2.33. The molecule has 10 heteroatoms. The number of fused-ring (bicyclic) bond motifs is 1. The number of amides is 1. The van der Waals surface area contributed by atoms with Gasteiger partial charge in [0.15, 0.2) is 0 Å². The van der Waals surface area contributed by atoms with E-state index >= 15 is 0 Å². The predicted molar refractivity (Wildman–Crippen MR) is 96.0 cm³/mol. The smallest absolute Gasteiger partial charge is 0.293 e. The lowest BCUT2D eigenvalue weighted by atomic mass is 9.99. The first kappa shape index (κ1) is 18.1. The molecule has 2 aromatic heterocycles. The lowest BCUT2D eigenvalue weighted by Crippen LogP contribution is -2.41. The van der Waals surface area contributed by atoms with Gasteiger partial charge in [0.2, 0.25) is 5.82 Å². The Bertz CT molecular complexity index is 795. The molecule has 0 saturated carbocycles. The molecule has 0 aliphatic carbocycles. The molecule has 0 aromatic carbocycles. The Morgan fingerprint density at radius 1 is 1.30 bits per heavy atom. The van der Waals surface area contributed by atoms with Crippen LogP contribution >= 0.6 is 0 Å². The number of carbonyl (C=O) groups is 1. The van der Waals surface area contributed by atoms with E-state index < -0.39 is 0 Å². The zero-order valence-electron chi connectivity index (χ0n) is 15.9. The summed E-state index contributed by atoms with van der Waals surface area (Å²) in [5.41, 5.74) is 1.87. The first-order valence-corrected chi connectivity index (χ1v) is 9.45. The molecule has 146 valence electrons. The van der Waals surface area contributed by atoms with Gasteiger partial charge in [0.25, 0.3) is 5.91 Å². The number of carbonyl (C=O) groups excluding carboxylic acids is 1. The Labute approximate surface area is 158 Å². The number of ether oxygens (including phenoxy) is 1. The molecule has 4 rings (SSSR count). The number of hydrogen-bond acceptors (Lipinski definition) is 7. The summed E-state index contributed by atoms with van der Waals surface area (Å²) in [6.07, 6.45) is 4.10. The van der Waals surface area contributed by atoms with Crippen LogP contribution in [0, 0.1) is 0 Å². The van der Waals surface area contributed by atoms with Crippen LogP contribution in [-0.4, -0.2) is 84.9 Å². The topological polar surface area (TPSA) is 94.2 Å². The molecule has 1 amide bonds. The Kier molecular flexibility index (Phi) is 5.17. The third kappa shape index (κ3) is 3.86. The molecule has 4 heterocycles. The summed E-state index contributed by atoms with van der Waals surface area (Å²) < 4.78 is 9.30. The molecule has 10 nitrogen and oxygen atoms in total. The third-order valence-electron chi connectivity index (χ3n) is 5.26. The van der Waals surface area contributed by atoms with Crippen molar-refractivity contribution in [3.63, 3.8) is 0 Å². The van der Waals surface area contributed by atoms with E-state index in [0.29, 0.717) is 26.3 Å². The van der Waals surface area contributed by atoms with Gasteiger partial charge < -0.3 is 14.5 Å². The second-order valence-electron chi connectivity index (χ2n) is 7.29. The summed E-state index contributed by atoms with van der Waals surface area (Å²) in [6, 6.07) is 0. The van der Waals surface area contributed by atoms with Crippen LogP contribution in [0.4, 0.5) is 0 Å². The van der Waals surface area contributed by atoms with Crippen LogP contribution in [0.3, 0.4) is 0 Å². The van der Waals surface area contributed by atoms with Crippen molar-refractivity contribution in [2.45, 2.75) is 25.3 Å². The normalized spacial score (nSPS) is 20.2. The summed E-state index contributed by atoms with van der Waals surface area (Å²) in [7, 11) is 3.64. The highest BCUT2D eigenvalue weighted by atomic mass is 16.5. The first-order valence-electron chi connectivity index (χ1n) is 9.45. The van der Waals surface area contributed by atoms with Crippen LogP contribution < -0.4 is 0 Å². The molecule has 2 aliphatic heterocycles. The summed E-state index contributed by atoms with van der Waals surface area (Å²) in [4.78, 5) is 21.0. The maximum absolute atomic E-state index is 12.8. The quantitative estimate of drug-likeness (QED) is 0.646. The standard InChI is InChI=1S/C17H26N8O2/c1-22-12-18-16(20-22)17(26)25-9-13(15-14(10-25)19-21-23(15)2)11-27-8-7-24-5-3-4-6-24/h12-13H,3-11H2,1-2H3. The van der Waals surface area contributed by atoms with Gasteiger partial charge in [-0.15, -0.1) is 10.2 Å². The molecule has 1 saturated heterocycles. The van der Waals surface area contributed by atoms with E-state index in [0.717, 1.165) is 17.9 Å². The lowest BCUT2D eigenvalue weighted by molar-refractivity contribution is 0.0594. The number of likely N-dealkylation sites (tertiary alicyclic amines) is 1. The van der Waals surface area contributed by atoms with E-state index in [1.807, 2.05) is 7.05 Å². The number of nitrogens with zero attached hydrogens (tertiary/aromatic N) is 8. The van der Waals surface area contributed by atoms with Crippen molar-refractivity contribution < 1.29 is 9.53 Å². The van der Waals surface area contributed by atoms with E-state index in [2.05, 4.69) is 25.3 Å². The average molecular weight is 374 g/mol. The summed E-state index contributed by atoms with van der Waals surface area (Å²) >= 11 is 0. The SMILES string of the molecule is Cn1cnc(C(=O)N2Cc3nnn(C)c3C(COCCN3CCCC3)C2)n1. The Morgan fingerprint density at radius 2 is 2.11 bits per heavy atom. The van der Waals surface area contributed by atoms with Gasteiger partial charge in [-0.2, -0.15) is 0 Å². The highest BCUT2D eigenvalue weighted by Crippen LogP contribution is 2.27. The van der Waals surface area contributed by atoms with Gasteiger partial charge in [-0.05, 0) is 25.9 Å². The van der Waals surface area contributed by atoms with E-state index in [-0.39, 0.29) is 17.6 Å². The molecular formula is C17H26N8O2. The zero-order chi connectivity index (χ0) is 18.8. The highest BCUT2D eigenvalue weighted by molar-refractivity contribution is 5.90. The Balaban J connectivity index is 1.41. The Morgan fingerprint density at radius 3 is 2.85 bits per heavy atom. The second-order valence-corrected chi connectivity index (χ2v) is 7.29. The lowest BCUT2D eigenvalue weighted by Gasteiger charge is -2.31. The molecular weight excluding hydrogens is 348 g/mol. The van der Waals surface area contributed by atoms with Crippen molar-refractivity contribution in [1.29, 1.82) is 0 Å². The molecule has 2 aliphatic rings. The molecule has 2 aromatic rings. The van der Waals surface area contributed by atoms with E-state index in [9.17, 15) is 4.79 Å². The van der Waals surface area contributed by atoms with Gasteiger partial charge in [0.05, 0.1) is 25.5 Å². The minimum absolute atomic E-state index is 0.0417. The summed E-state index contributed by atoms with van der Waals surface area (Å²) in [6.45, 7) is 5.52. The minimum atomic E-state index is -0.186. The molecule has 27 heavy (non-hydrogen) atoms. The molecule has 1 atom stereocenters. The maximum atomic E-state index is 12.8. The fourth-order valence-electron chi connectivity index (χ4n) is 3.91. The average Bonchev–Trinajstić information content (AvgIpc) is 3.40. The fourth-order valence-corrected chi connectivity index (χ4v) is 3.91. The van der Waals surface area contributed by atoms with Crippen LogP contribution in [0.1, 0.15) is 40.8 Å². The number of aromatic nitrogens is 6.